The molecule has 0 bridgehead atoms. The van der Waals surface area contributed by atoms with E-state index in [0.717, 1.165) is 11.1 Å². The Bertz CT molecular complexity index is 702. The van der Waals surface area contributed by atoms with Gasteiger partial charge in [0, 0.05) is 23.5 Å². The number of nitrogens with zero attached hydrogens (tertiary/aromatic N) is 1. The van der Waals surface area contributed by atoms with Crippen LogP contribution >= 0.6 is 11.6 Å². The standard InChI is InChI=1S/C14H15ClN2O2S/c1-10-5-6-13(8-14(10)15)20(18,19)17-11(2)12-4-3-7-16-9-12/h3-9,11,17H,1-2H3. The van der Waals surface area contributed by atoms with Crippen molar-refractivity contribution in [3.05, 3.63) is 58.9 Å². The number of nitrogens with one attached hydrogen (secondary N) is 1. The van der Waals surface area contributed by atoms with Gasteiger partial charge in [-0.3, -0.25) is 4.98 Å². The molecule has 0 amide bonds. The summed E-state index contributed by atoms with van der Waals surface area (Å²) in [5, 5.41) is 0.432. The van der Waals surface area contributed by atoms with Crippen molar-refractivity contribution in [1.82, 2.24) is 9.71 Å². The first kappa shape index (κ1) is 15.0. The van der Waals surface area contributed by atoms with Crippen LogP contribution in [-0.2, 0) is 10.0 Å². The van der Waals surface area contributed by atoms with Crippen molar-refractivity contribution in [1.29, 1.82) is 0 Å². The van der Waals surface area contributed by atoms with E-state index in [1.165, 1.54) is 6.07 Å². The van der Waals surface area contributed by atoms with Crippen LogP contribution in [0.5, 0.6) is 0 Å². The molecule has 2 rings (SSSR count). The van der Waals surface area contributed by atoms with Crippen molar-refractivity contribution in [2.75, 3.05) is 0 Å². The lowest BCUT2D eigenvalue weighted by atomic mass is 10.2. The first-order valence-corrected chi connectivity index (χ1v) is 7.94. The Kier molecular flexibility index (Phi) is 4.42. The average molecular weight is 311 g/mol. The van der Waals surface area contributed by atoms with Gasteiger partial charge in [0.2, 0.25) is 10.0 Å². The third-order valence-corrected chi connectivity index (χ3v) is 4.92. The Morgan fingerprint density at radius 3 is 2.65 bits per heavy atom. The van der Waals surface area contributed by atoms with E-state index in [1.807, 2.05) is 13.0 Å². The summed E-state index contributed by atoms with van der Waals surface area (Å²) in [5.74, 6) is 0. The molecule has 0 spiro atoms. The van der Waals surface area contributed by atoms with Gasteiger partial charge in [-0.15, -0.1) is 0 Å². The molecular weight excluding hydrogens is 296 g/mol. The minimum Gasteiger partial charge on any atom is -0.264 e. The Morgan fingerprint density at radius 1 is 1.30 bits per heavy atom. The third kappa shape index (κ3) is 3.36. The quantitative estimate of drug-likeness (QED) is 0.944. The fourth-order valence-corrected chi connectivity index (χ4v) is 3.24. The van der Waals surface area contributed by atoms with Gasteiger partial charge in [-0.1, -0.05) is 23.7 Å². The molecule has 1 heterocycles. The monoisotopic (exact) mass is 310 g/mol. The first-order valence-electron chi connectivity index (χ1n) is 6.08. The fourth-order valence-electron chi connectivity index (χ4n) is 1.74. The molecule has 0 aliphatic carbocycles. The topological polar surface area (TPSA) is 59.1 Å². The molecule has 1 N–H and O–H groups in total. The van der Waals surface area contributed by atoms with E-state index in [9.17, 15) is 8.42 Å². The number of rotatable bonds is 4. The summed E-state index contributed by atoms with van der Waals surface area (Å²) in [6.45, 7) is 3.59. The van der Waals surface area contributed by atoms with Crippen molar-refractivity contribution < 1.29 is 8.42 Å². The van der Waals surface area contributed by atoms with Crippen molar-refractivity contribution in [2.45, 2.75) is 24.8 Å². The molecule has 0 radical (unpaired) electrons. The number of pyridine rings is 1. The summed E-state index contributed by atoms with van der Waals surface area (Å²) in [5.41, 5.74) is 1.64. The van der Waals surface area contributed by atoms with Gasteiger partial charge in [0.25, 0.3) is 0 Å². The minimum absolute atomic E-state index is 0.156. The number of aromatic nitrogens is 1. The Labute approximate surface area is 123 Å². The Morgan fingerprint density at radius 2 is 2.05 bits per heavy atom. The second kappa shape index (κ2) is 5.91. The summed E-state index contributed by atoms with van der Waals surface area (Å²) < 4.78 is 27.2. The van der Waals surface area contributed by atoms with E-state index in [1.54, 1.807) is 37.5 Å². The highest BCUT2D eigenvalue weighted by Gasteiger charge is 2.19. The molecule has 20 heavy (non-hydrogen) atoms. The largest absolute Gasteiger partial charge is 0.264 e. The average Bonchev–Trinajstić information content (AvgIpc) is 2.42. The summed E-state index contributed by atoms with van der Waals surface area (Å²) >= 11 is 5.97. The number of sulfonamides is 1. The molecule has 2 aromatic rings. The smallest absolute Gasteiger partial charge is 0.241 e. The highest BCUT2D eigenvalue weighted by atomic mass is 35.5. The second-order valence-corrected chi connectivity index (χ2v) is 6.66. The Hall–Kier alpha value is -1.43. The van der Waals surface area contributed by atoms with Crippen molar-refractivity contribution in [3.8, 4) is 0 Å². The van der Waals surface area contributed by atoms with Crippen LogP contribution < -0.4 is 4.72 Å². The van der Waals surface area contributed by atoms with Gasteiger partial charge in [0.05, 0.1) is 4.90 Å². The molecule has 6 heteroatoms. The molecule has 4 nitrogen and oxygen atoms in total. The van der Waals surface area contributed by atoms with Crippen LogP contribution in [0.3, 0.4) is 0 Å². The predicted molar refractivity (Wildman–Crippen MR) is 79.2 cm³/mol. The Balaban J connectivity index is 2.25. The normalized spacial score (nSPS) is 13.2. The van der Waals surface area contributed by atoms with E-state index in [0.29, 0.717) is 5.02 Å². The van der Waals surface area contributed by atoms with Crippen LogP contribution in [0.1, 0.15) is 24.1 Å². The summed E-state index contributed by atoms with van der Waals surface area (Å²) in [7, 11) is -3.61. The van der Waals surface area contributed by atoms with Gasteiger partial charge in [0.15, 0.2) is 0 Å². The molecule has 0 fully saturated rings. The molecule has 0 saturated heterocycles. The summed E-state index contributed by atoms with van der Waals surface area (Å²) in [4.78, 5) is 4.13. The third-order valence-electron chi connectivity index (χ3n) is 2.97. The van der Waals surface area contributed by atoms with Crippen LogP contribution in [0.25, 0.3) is 0 Å². The van der Waals surface area contributed by atoms with Gasteiger partial charge in [-0.2, -0.15) is 0 Å². The molecule has 0 saturated carbocycles. The molecule has 1 unspecified atom stereocenters. The van der Waals surface area contributed by atoms with Gasteiger partial charge >= 0.3 is 0 Å². The zero-order chi connectivity index (χ0) is 14.8. The molecular formula is C14H15ClN2O2S. The minimum atomic E-state index is -3.61. The van der Waals surface area contributed by atoms with Crippen LogP contribution in [0.4, 0.5) is 0 Å². The van der Waals surface area contributed by atoms with E-state index in [4.69, 9.17) is 11.6 Å². The zero-order valence-electron chi connectivity index (χ0n) is 11.2. The van der Waals surface area contributed by atoms with Gasteiger partial charge in [0.1, 0.15) is 0 Å². The molecule has 106 valence electrons. The number of benzene rings is 1. The van der Waals surface area contributed by atoms with Crippen LogP contribution in [0, 0.1) is 6.92 Å². The van der Waals surface area contributed by atoms with E-state index in [2.05, 4.69) is 9.71 Å². The van der Waals surface area contributed by atoms with E-state index in [-0.39, 0.29) is 10.9 Å². The maximum Gasteiger partial charge on any atom is 0.241 e. The first-order chi connectivity index (χ1) is 9.40. The lowest BCUT2D eigenvalue weighted by Crippen LogP contribution is -2.27. The van der Waals surface area contributed by atoms with Crippen molar-refractivity contribution >= 4 is 21.6 Å². The molecule has 0 aliphatic heterocycles. The highest BCUT2D eigenvalue weighted by Crippen LogP contribution is 2.21. The molecule has 1 aromatic carbocycles. The fraction of sp³-hybridized carbons (Fsp3) is 0.214. The maximum atomic E-state index is 12.3. The lowest BCUT2D eigenvalue weighted by Gasteiger charge is -2.14. The predicted octanol–water partition coefficient (Wildman–Crippen LogP) is 3.08. The summed E-state index contributed by atoms with van der Waals surface area (Å²) in [6.07, 6.45) is 3.28. The zero-order valence-corrected chi connectivity index (χ0v) is 12.7. The van der Waals surface area contributed by atoms with E-state index >= 15 is 0 Å². The van der Waals surface area contributed by atoms with Crippen LogP contribution in [0.15, 0.2) is 47.6 Å². The molecule has 1 aromatic heterocycles. The van der Waals surface area contributed by atoms with Gasteiger partial charge < -0.3 is 0 Å². The number of aryl methyl sites for hydroxylation is 1. The molecule has 0 aliphatic rings. The SMILES string of the molecule is Cc1ccc(S(=O)(=O)NC(C)c2cccnc2)cc1Cl. The molecule has 1 atom stereocenters. The van der Waals surface area contributed by atoms with Crippen LogP contribution in [0.2, 0.25) is 5.02 Å². The van der Waals surface area contributed by atoms with Gasteiger partial charge in [-0.25, -0.2) is 13.1 Å². The highest BCUT2D eigenvalue weighted by molar-refractivity contribution is 7.89. The number of hydrogen-bond donors (Lipinski definition) is 1. The van der Waals surface area contributed by atoms with Gasteiger partial charge in [-0.05, 0) is 43.2 Å². The number of halogens is 1. The maximum absolute atomic E-state index is 12.3. The van der Waals surface area contributed by atoms with E-state index < -0.39 is 10.0 Å². The number of hydrogen-bond acceptors (Lipinski definition) is 3. The van der Waals surface area contributed by atoms with Crippen molar-refractivity contribution in [2.24, 2.45) is 0 Å². The van der Waals surface area contributed by atoms with Crippen molar-refractivity contribution in [3.63, 3.8) is 0 Å². The second-order valence-electron chi connectivity index (χ2n) is 4.54. The lowest BCUT2D eigenvalue weighted by molar-refractivity contribution is 0.566. The summed E-state index contributed by atoms with van der Waals surface area (Å²) in [6, 6.07) is 7.90. The van der Waals surface area contributed by atoms with Crippen LogP contribution in [-0.4, -0.2) is 13.4 Å².